The van der Waals surface area contributed by atoms with Crippen LogP contribution in [0.5, 0.6) is 0 Å². The molecule has 0 aromatic carbocycles. The van der Waals surface area contributed by atoms with Crippen molar-refractivity contribution in [1.82, 2.24) is 0 Å². The Morgan fingerprint density at radius 1 is 1.18 bits per heavy atom. The van der Waals surface area contributed by atoms with Crippen LogP contribution in [0.15, 0.2) is 0 Å². The number of likely N-dealkylation sites (N-methyl/N-ethyl adjacent to an activating group) is 1. The van der Waals surface area contributed by atoms with Crippen molar-refractivity contribution in [2.24, 2.45) is 0 Å². The lowest BCUT2D eigenvalue weighted by molar-refractivity contribution is -0.877. The second-order valence-electron chi connectivity index (χ2n) is 6.05. The highest BCUT2D eigenvalue weighted by Gasteiger charge is 2.35. The third-order valence-electron chi connectivity index (χ3n) is 2.74. The van der Waals surface area contributed by atoms with Crippen LogP contribution in [0.3, 0.4) is 0 Å². The van der Waals surface area contributed by atoms with Crippen LogP contribution in [0, 0.1) is 0 Å². The van der Waals surface area contributed by atoms with Gasteiger partial charge in [-0.3, -0.25) is 4.79 Å². The van der Waals surface area contributed by atoms with Gasteiger partial charge in [0.25, 0.3) is 0 Å². The van der Waals surface area contributed by atoms with E-state index in [0.717, 1.165) is 25.7 Å². The Kier molecular flexibility index (Phi) is 6.72. The van der Waals surface area contributed by atoms with Crippen molar-refractivity contribution in [1.29, 1.82) is 0 Å². The van der Waals surface area contributed by atoms with Crippen LogP contribution in [0.25, 0.3) is 0 Å². The Hall–Kier alpha value is -0.610. The largest absolute Gasteiger partial charge is 0.481 e. The summed E-state index contributed by atoms with van der Waals surface area (Å²) < 4.78 is 0.581. The van der Waals surface area contributed by atoms with E-state index in [0.29, 0.717) is 17.4 Å². The Bertz CT molecular complexity index is 235. The number of quaternary nitrogens is 1. The van der Waals surface area contributed by atoms with Gasteiger partial charge in [-0.15, -0.1) is 0 Å². The normalized spacial score (nSPS) is 15.6. The molecule has 0 aliphatic carbocycles. The van der Waals surface area contributed by atoms with Crippen molar-refractivity contribution in [3.8, 4) is 0 Å². The molecule has 102 valence electrons. The number of hydrogen-bond donors (Lipinski definition) is 2. The minimum Gasteiger partial charge on any atom is -0.481 e. The van der Waals surface area contributed by atoms with Crippen LogP contribution in [0.2, 0.25) is 0 Å². The maximum Gasteiger partial charge on any atom is 0.306 e. The lowest BCUT2D eigenvalue weighted by Crippen LogP contribution is -2.50. The molecular weight excluding hydrogens is 218 g/mol. The number of aliphatic hydroxyl groups is 1. The van der Waals surface area contributed by atoms with Crippen molar-refractivity contribution < 1.29 is 19.5 Å². The summed E-state index contributed by atoms with van der Waals surface area (Å²) in [6, 6.07) is 0. The molecule has 1 atom stereocenters. The van der Waals surface area contributed by atoms with E-state index in [1.165, 1.54) is 0 Å². The summed E-state index contributed by atoms with van der Waals surface area (Å²) in [4.78, 5) is 10.8. The number of rotatable bonds is 9. The van der Waals surface area contributed by atoms with E-state index < -0.39 is 11.6 Å². The Balaban J connectivity index is 4.34. The molecule has 0 aromatic rings. The highest BCUT2D eigenvalue weighted by Crippen LogP contribution is 2.22. The van der Waals surface area contributed by atoms with Gasteiger partial charge in [0.15, 0.2) is 0 Å². The molecule has 0 aliphatic heterocycles. The molecule has 0 fully saturated rings. The first-order valence-electron chi connectivity index (χ1n) is 6.43. The first-order chi connectivity index (χ1) is 7.68. The quantitative estimate of drug-likeness (QED) is 0.482. The van der Waals surface area contributed by atoms with E-state index in [1.54, 1.807) is 0 Å². The van der Waals surface area contributed by atoms with Gasteiger partial charge in [-0.25, -0.2) is 0 Å². The smallest absolute Gasteiger partial charge is 0.306 e. The standard InChI is InChI=1S/C13H27NO3/c1-5-6-7-8-9-13(17,10-12(15)16)11-14(2,3)4/h17H,5-11H2,1-4H3/p+1. The van der Waals surface area contributed by atoms with E-state index in [9.17, 15) is 9.90 Å². The summed E-state index contributed by atoms with van der Waals surface area (Å²) in [5.74, 6) is -0.920. The number of unbranched alkanes of at least 4 members (excludes halogenated alkanes) is 3. The highest BCUT2D eigenvalue weighted by molar-refractivity contribution is 5.68. The summed E-state index contributed by atoms with van der Waals surface area (Å²) >= 11 is 0. The molecular formula is C13H28NO3+. The molecule has 0 rings (SSSR count). The number of carbonyl (C=O) groups is 1. The fourth-order valence-corrected chi connectivity index (χ4v) is 2.27. The molecule has 0 aromatic heterocycles. The molecule has 2 N–H and O–H groups in total. The van der Waals surface area contributed by atoms with E-state index in [-0.39, 0.29) is 6.42 Å². The third kappa shape index (κ3) is 9.12. The molecule has 17 heavy (non-hydrogen) atoms. The molecule has 0 spiro atoms. The average Bonchev–Trinajstić information content (AvgIpc) is 2.07. The Morgan fingerprint density at radius 2 is 1.76 bits per heavy atom. The Labute approximate surface area is 105 Å². The maximum atomic E-state index is 10.8. The van der Waals surface area contributed by atoms with Crippen molar-refractivity contribution in [2.45, 2.75) is 51.0 Å². The molecule has 0 saturated heterocycles. The average molecular weight is 246 g/mol. The minimum atomic E-state index is -1.07. The fraction of sp³-hybridized carbons (Fsp3) is 0.923. The van der Waals surface area contributed by atoms with E-state index >= 15 is 0 Å². The van der Waals surface area contributed by atoms with Crippen molar-refractivity contribution in [2.75, 3.05) is 27.7 Å². The molecule has 4 nitrogen and oxygen atoms in total. The molecule has 4 heteroatoms. The van der Waals surface area contributed by atoms with Gasteiger partial charge in [-0.1, -0.05) is 32.6 Å². The van der Waals surface area contributed by atoms with Gasteiger partial charge < -0.3 is 14.7 Å². The number of nitrogens with zero attached hydrogens (tertiary/aromatic N) is 1. The van der Waals surface area contributed by atoms with Gasteiger partial charge in [0, 0.05) is 0 Å². The first kappa shape index (κ1) is 16.4. The highest BCUT2D eigenvalue weighted by atomic mass is 16.4. The second-order valence-corrected chi connectivity index (χ2v) is 6.05. The van der Waals surface area contributed by atoms with E-state index in [1.807, 2.05) is 21.1 Å². The van der Waals surface area contributed by atoms with Crippen LogP contribution >= 0.6 is 0 Å². The summed E-state index contributed by atoms with van der Waals surface area (Å²) in [5.41, 5.74) is -1.07. The van der Waals surface area contributed by atoms with Crippen LogP contribution in [-0.2, 0) is 4.79 Å². The summed E-state index contributed by atoms with van der Waals surface area (Å²) in [7, 11) is 5.91. The molecule has 0 saturated carbocycles. The topological polar surface area (TPSA) is 57.5 Å². The third-order valence-corrected chi connectivity index (χ3v) is 2.74. The van der Waals surface area contributed by atoms with Crippen molar-refractivity contribution >= 4 is 5.97 Å². The van der Waals surface area contributed by atoms with Gasteiger partial charge in [0.2, 0.25) is 0 Å². The SMILES string of the molecule is CCCCCCC(O)(CC(=O)O)C[N+](C)(C)C. The van der Waals surface area contributed by atoms with E-state index in [2.05, 4.69) is 6.92 Å². The van der Waals surface area contributed by atoms with Crippen LogP contribution in [0.4, 0.5) is 0 Å². The number of carboxylic acid groups (broad SMARTS) is 1. The zero-order valence-electron chi connectivity index (χ0n) is 11.7. The number of aliphatic carboxylic acids is 1. The molecule has 0 bridgehead atoms. The van der Waals surface area contributed by atoms with Gasteiger partial charge in [-0.2, -0.15) is 0 Å². The predicted octanol–water partition coefficient (Wildman–Crippen LogP) is 1.87. The van der Waals surface area contributed by atoms with Crippen molar-refractivity contribution in [3.63, 3.8) is 0 Å². The first-order valence-corrected chi connectivity index (χ1v) is 6.43. The summed E-state index contributed by atoms with van der Waals surface area (Å²) in [6.45, 7) is 2.61. The maximum absolute atomic E-state index is 10.8. The van der Waals surface area contributed by atoms with Gasteiger partial charge in [0.05, 0.1) is 27.6 Å². The van der Waals surface area contributed by atoms with Gasteiger partial charge in [0.1, 0.15) is 12.1 Å². The van der Waals surface area contributed by atoms with Crippen LogP contribution in [0.1, 0.15) is 45.4 Å². The fourth-order valence-electron chi connectivity index (χ4n) is 2.27. The minimum absolute atomic E-state index is 0.158. The lowest BCUT2D eigenvalue weighted by atomic mass is 9.91. The van der Waals surface area contributed by atoms with Crippen molar-refractivity contribution in [3.05, 3.63) is 0 Å². The molecule has 0 aliphatic rings. The summed E-state index contributed by atoms with van der Waals surface area (Å²) in [5, 5.41) is 19.3. The van der Waals surface area contributed by atoms with Gasteiger partial charge in [-0.05, 0) is 6.42 Å². The van der Waals surface area contributed by atoms with Crippen LogP contribution < -0.4 is 0 Å². The molecule has 0 amide bonds. The second kappa shape index (κ2) is 6.97. The number of carboxylic acids is 1. The molecule has 1 unspecified atom stereocenters. The number of hydrogen-bond acceptors (Lipinski definition) is 2. The molecule has 0 heterocycles. The van der Waals surface area contributed by atoms with E-state index in [4.69, 9.17) is 5.11 Å². The summed E-state index contributed by atoms with van der Waals surface area (Å²) in [6.07, 6.45) is 4.68. The molecule has 0 radical (unpaired) electrons. The van der Waals surface area contributed by atoms with Crippen LogP contribution in [-0.4, -0.2) is 54.0 Å². The van der Waals surface area contributed by atoms with Gasteiger partial charge >= 0.3 is 5.97 Å². The lowest BCUT2D eigenvalue weighted by Gasteiger charge is -2.34. The predicted molar refractivity (Wildman–Crippen MR) is 68.9 cm³/mol. The zero-order chi connectivity index (χ0) is 13.5. The Morgan fingerprint density at radius 3 is 2.18 bits per heavy atom. The zero-order valence-corrected chi connectivity index (χ0v) is 11.7. The monoisotopic (exact) mass is 246 g/mol.